The average Bonchev–Trinajstić information content (AvgIpc) is 2.68. The molecule has 3 heterocycles. The van der Waals surface area contributed by atoms with E-state index in [9.17, 15) is 0 Å². The number of methoxy groups -OCH3 is 1. The summed E-state index contributed by atoms with van der Waals surface area (Å²) >= 11 is 0. The van der Waals surface area contributed by atoms with Crippen LogP contribution in [-0.4, -0.2) is 31.7 Å². The second-order valence-electron chi connectivity index (χ2n) is 5.13. The quantitative estimate of drug-likeness (QED) is 0.781. The summed E-state index contributed by atoms with van der Waals surface area (Å²) in [4.78, 5) is 0. The van der Waals surface area contributed by atoms with Crippen LogP contribution in [0.5, 0.6) is 5.75 Å². The van der Waals surface area contributed by atoms with Crippen LogP contribution >= 0.6 is 0 Å². The van der Waals surface area contributed by atoms with Gasteiger partial charge in [-0.05, 0) is 25.8 Å². The van der Waals surface area contributed by atoms with Crippen LogP contribution in [0.1, 0.15) is 25.3 Å². The second-order valence-corrected chi connectivity index (χ2v) is 5.13. The number of para-hydroxylation sites is 1. The molecule has 4 rings (SSSR count). The van der Waals surface area contributed by atoms with Gasteiger partial charge in [0.05, 0.1) is 12.2 Å². The van der Waals surface area contributed by atoms with Gasteiger partial charge in [0.15, 0.2) is 6.29 Å². The average molecular weight is 264 g/mol. The highest BCUT2D eigenvalue weighted by molar-refractivity contribution is 5.37. The molecule has 0 amide bonds. The molecular weight excluding hydrogens is 244 g/mol. The molecule has 1 aromatic rings. The fourth-order valence-corrected chi connectivity index (χ4v) is 2.62. The summed E-state index contributed by atoms with van der Waals surface area (Å²) in [5.74, 6) is 1.05. The minimum absolute atomic E-state index is 0.103. The van der Waals surface area contributed by atoms with Gasteiger partial charge in [-0.3, -0.25) is 0 Å². The standard InChI is InChI=1S/C8H14O3.C7H6O/c1-5-6-3-4-7(9-2)8(10-5)11-6;1-2-4-7-6(3-1)5-8-7/h5-8H,3-4H2,1-2H3;1-4H,5H2/t5-,6+,7+,8?;/m0./s1. The van der Waals surface area contributed by atoms with Crippen molar-refractivity contribution >= 4 is 0 Å². The number of ether oxygens (including phenoxy) is 4. The molecule has 1 unspecified atom stereocenters. The minimum Gasteiger partial charge on any atom is -0.488 e. The third kappa shape index (κ3) is 2.61. The van der Waals surface area contributed by atoms with E-state index in [0.717, 1.165) is 25.2 Å². The topological polar surface area (TPSA) is 36.9 Å². The van der Waals surface area contributed by atoms with E-state index in [0.29, 0.717) is 6.10 Å². The zero-order valence-corrected chi connectivity index (χ0v) is 11.4. The Kier molecular flexibility index (Phi) is 3.73. The molecule has 4 heteroatoms. The van der Waals surface area contributed by atoms with Crippen LogP contribution in [-0.2, 0) is 20.8 Å². The molecule has 2 bridgehead atoms. The lowest BCUT2D eigenvalue weighted by Crippen LogP contribution is -2.34. The molecule has 4 atom stereocenters. The van der Waals surface area contributed by atoms with Gasteiger partial charge in [-0.1, -0.05) is 18.2 Å². The molecule has 0 saturated carbocycles. The lowest BCUT2D eigenvalue weighted by Gasteiger charge is -2.25. The van der Waals surface area contributed by atoms with Crippen molar-refractivity contribution in [3.05, 3.63) is 29.8 Å². The van der Waals surface area contributed by atoms with Gasteiger partial charge in [0.2, 0.25) is 0 Å². The Hall–Kier alpha value is -1.10. The first-order chi connectivity index (χ1) is 9.28. The summed E-state index contributed by atoms with van der Waals surface area (Å²) in [7, 11) is 1.71. The Bertz CT molecular complexity index is 409. The van der Waals surface area contributed by atoms with Crippen LogP contribution in [0.4, 0.5) is 0 Å². The first-order valence-electron chi connectivity index (χ1n) is 6.82. The van der Waals surface area contributed by atoms with Gasteiger partial charge in [0.25, 0.3) is 0 Å². The molecular formula is C15H20O4. The zero-order chi connectivity index (χ0) is 13.2. The minimum atomic E-state index is -0.103. The molecule has 0 aromatic heterocycles. The highest BCUT2D eigenvalue weighted by Crippen LogP contribution is 2.32. The highest BCUT2D eigenvalue weighted by Gasteiger charge is 2.42. The van der Waals surface area contributed by atoms with E-state index in [2.05, 4.69) is 13.0 Å². The van der Waals surface area contributed by atoms with Gasteiger partial charge in [-0.25, -0.2) is 0 Å². The van der Waals surface area contributed by atoms with Crippen LogP contribution in [0.3, 0.4) is 0 Å². The molecule has 1 aromatic carbocycles. The highest BCUT2D eigenvalue weighted by atomic mass is 16.7. The van der Waals surface area contributed by atoms with Crippen LogP contribution in [0.25, 0.3) is 0 Å². The first kappa shape index (κ1) is 12.9. The molecule has 4 nitrogen and oxygen atoms in total. The summed E-state index contributed by atoms with van der Waals surface area (Å²) in [6.45, 7) is 2.86. The van der Waals surface area contributed by atoms with Gasteiger partial charge in [-0.2, -0.15) is 0 Å². The third-order valence-electron chi connectivity index (χ3n) is 3.88. The molecule has 104 valence electrons. The molecule has 2 saturated heterocycles. The summed E-state index contributed by atoms with van der Waals surface area (Å²) in [6, 6.07) is 8.08. The normalized spacial score (nSPS) is 34.4. The fourth-order valence-electron chi connectivity index (χ4n) is 2.62. The van der Waals surface area contributed by atoms with Crippen LogP contribution in [0.2, 0.25) is 0 Å². The number of fused-ring (bicyclic) bond motifs is 3. The monoisotopic (exact) mass is 264 g/mol. The van der Waals surface area contributed by atoms with E-state index >= 15 is 0 Å². The van der Waals surface area contributed by atoms with Crippen LogP contribution < -0.4 is 4.74 Å². The van der Waals surface area contributed by atoms with Crippen molar-refractivity contribution < 1.29 is 18.9 Å². The predicted octanol–water partition coefficient (Wildman–Crippen LogP) is 2.50. The van der Waals surface area contributed by atoms with Gasteiger partial charge < -0.3 is 18.9 Å². The SMILES string of the molecule is CO[C@@H]1CC[C@H]2OC1O[C@H]2C.c1ccc2c(c1)CO2. The van der Waals surface area contributed by atoms with Gasteiger partial charge in [0, 0.05) is 12.7 Å². The lowest BCUT2D eigenvalue weighted by molar-refractivity contribution is -0.166. The maximum Gasteiger partial charge on any atom is 0.184 e. The van der Waals surface area contributed by atoms with Crippen molar-refractivity contribution in [1.82, 2.24) is 0 Å². The smallest absolute Gasteiger partial charge is 0.184 e. The molecule has 0 aliphatic carbocycles. The van der Waals surface area contributed by atoms with Gasteiger partial charge in [-0.15, -0.1) is 0 Å². The summed E-state index contributed by atoms with van der Waals surface area (Å²) in [5.41, 5.74) is 1.33. The van der Waals surface area contributed by atoms with Crippen molar-refractivity contribution in [3.8, 4) is 5.75 Å². The van der Waals surface area contributed by atoms with Gasteiger partial charge in [0.1, 0.15) is 18.5 Å². The van der Waals surface area contributed by atoms with Crippen molar-refractivity contribution in [2.24, 2.45) is 0 Å². The van der Waals surface area contributed by atoms with Crippen molar-refractivity contribution in [1.29, 1.82) is 0 Å². The fraction of sp³-hybridized carbons (Fsp3) is 0.600. The number of hydrogen-bond acceptors (Lipinski definition) is 4. The molecule has 3 aliphatic heterocycles. The van der Waals surface area contributed by atoms with E-state index in [1.165, 1.54) is 5.56 Å². The Morgan fingerprint density at radius 2 is 2.00 bits per heavy atom. The summed E-state index contributed by atoms with van der Waals surface area (Å²) in [5, 5.41) is 0. The summed E-state index contributed by atoms with van der Waals surface area (Å²) < 4.78 is 21.4. The van der Waals surface area contributed by atoms with E-state index in [1.807, 2.05) is 18.2 Å². The Balaban J connectivity index is 0.000000122. The lowest BCUT2D eigenvalue weighted by atomic mass is 10.1. The largest absolute Gasteiger partial charge is 0.488 e. The van der Waals surface area contributed by atoms with E-state index in [4.69, 9.17) is 18.9 Å². The third-order valence-corrected chi connectivity index (χ3v) is 3.88. The van der Waals surface area contributed by atoms with E-state index in [-0.39, 0.29) is 18.5 Å². The second kappa shape index (κ2) is 5.49. The van der Waals surface area contributed by atoms with Crippen molar-refractivity contribution in [2.45, 2.75) is 51.0 Å². The molecule has 0 N–H and O–H groups in total. The number of rotatable bonds is 1. The first-order valence-corrected chi connectivity index (χ1v) is 6.82. The van der Waals surface area contributed by atoms with Gasteiger partial charge >= 0.3 is 0 Å². The van der Waals surface area contributed by atoms with Crippen LogP contribution in [0, 0.1) is 0 Å². The van der Waals surface area contributed by atoms with Crippen LogP contribution in [0.15, 0.2) is 24.3 Å². The van der Waals surface area contributed by atoms with E-state index < -0.39 is 0 Å². The van der Waals surface area contributed by atoms with Crippen molar-refractivity contribution in [3.63, 3.8) is 0 Å². The number of benzene rings is 1. The van der Waals surface area contributed by atoms with E-state index in [1.54, 1.807) is 7.11 Å². The Labute approximate surface area is 113 Å². The molecule has 0 radical (unpaired) electrons. The molecule has 19 heavy (non-hydrogen) atoms. The van der Waals surface area contributed by atoms with Crippen molar-refractivity contribution in [2.75, 3.05) is 7.11 Å². The number of hydrogen-bond donors (Lipinski definition) is 0. The molecule has 2 fully saturated rings. The maximum absolute atomic E-state index is 5.57. The maximum atomic E-state index is 5.57. The zero-order valence-electron chi connectivity index (χ0n) is 11.4. The predicted molar refractivity (Wildman–Crippen MR) is 70.0 cm³/mol. The molecule has 0 spiro atoms. The Morgan fingerprint density at radius 1 is 1.16 bits per heavy atom. The summed E-state index contributed by atoms with van der Waals surface area (Å²) in [6.07, 6.45) is 2.74. The molecule has 3 aliphatic rings. The Morgan fingerprint density at radius 3 is 2.58 bits per heavy atom.